The number of amidine groups is 2. The van der Waals surface area contributed by atoms with Crippen LogP contribution in [0.1, 0.15) is 24.5 Å². The van der Waals surface area contributed by atoms with Gasteiger partial charge in [-0.25, -0.2) is 0 Å². The van der Waals surface area contributed by atoms with E-state index in [9.17, 15) is 0 Å². The van der Waals surface area contributed by atoms with E-state index in [1.807, 2.05) is 13.0 Å². The smallest absolute Gasteiger partial charge is 0.244 e. The molecule has 2 aromatic carbocycles. The Morgan fingerprint density at radius 3 is 1.89 bits per heavy atom. The van der Waals surface area contributed by atoms with E-state index in [1.165, 1.54) is 0 Å². The molecule has 0 fully saturated rings. The van der Waals surface area contributed by atoms with Gasteiger partial charge in [-0.05, 0) is 31.2 Å². The van der Waals surface area contributed by atoms with Crippen molar-refractivity contribution in [3.05, 3.63) is 84.0 Å². The Kier molecular flexibility index (Phi) is 6.77. The Morgan fingerprint density at radius 1 is 1.00 bits per heavy atom. The molecule has 0 unspecified atom stereocenters. The van der Waals surface area contributed by atoms with Crippen LogP contribution < -0.4 is 20.9 Å². The summed E-state index contributed by atoms with van der Waals surface area (Å²) in [5.41, 5.74) is 13.2. The van der Waals surface area contributed by atoms with E-state index in [0.29, 0.717) is 29.0 Å². The average molecular weight is 364 g/mol. The third-order valence-electron chi connectivity index (χ3n) is 3.78. The Bertz CT molecular complexity index is 814. The minimum Gasteiger partial charge on any atom is -0.455 e. The van der Waals surface area contributed by atoms with Crippen LogP contribution >= 0.6 is 0 Å². The second-order valence-electron chi connectivity index (χ2n) is 5.94. The molecular weight excluding hydrogens is 340 g/mol. The molecule has 0 radical (unpaired) electrons. The van der Waals surface area contributed by atoms with Gasteiger partial charge in [0.05, 0.1) is 0 Å². The highest BCUT2D eigenvalue weighted by Gasteiger charge is 2.13. The van der Waals surface area contributed by atoms with Crippen molar-refractivity contribution in [3.63, 3.8) is 0 Å². The van der Waals surface area contributed by atoms with Crippen LogP contribution in [0.15, 0.2) is 72.8 Å². The van der Waals surface area contributed by atoms with Gasteiger partial charge in [0.2, 0.25) is 6.29 Å². The van der Waals surface area contributed by atoms with Crippen LogP contribution in [0, 0.1) is 10.8 Å². The van der Waals surface area contributed by atoms with Crippen LogP contribution in [0.2, 0.25) is 0 Å². The van der Waals surface area contributed by atoms with Crippen molar-refractivity contribution in [3.8, 4) is 11.5 Å². The quantitative estimate of drug-likeness (QED) is 0.235. The van der Waals surface area contributed by atoms with Gasteiger partial charge in [-0.15, -0.1) is 0 Å². The van der Waals surface area contributed by atoms with E-state index in [-0.39, 0.29) is 11.7 Å². The van der Waals surface area contributed by atoms with E-state index in [2.05, 4.69) is 6.58 Å². The van der Waals surface area contributed by atoms with E-state index < -0.39 is 6.29 Å². The van der Waals surface area contributed by atoms with E-state index in [1.54, 1.807) is 54.6 Å². The molecule has 2 aromatic rings. The number of rotatable bonds is 9. The summed E-state index contributed by atoms with van der Waals surface area (Å²) >= 11 is 0. The fourth-order valence-corrected chi connectivity index (χ4v) is 2.26. The van der Waals surface area contributed by atoms with E-state index >= 15 is 0 Å². The fraction of sp³-hybridized carbons (Fsp3) is 0.143. The van der Waals surface area contributed by atoms with Gasteiger partial charge in [0.25, 0.3) is 0 Å². The molecule has 0 atom stereocenters. The lowest BCUT2D eigenvalue weighted by molar-refractivity contribution is 0.00867. The predicted molar refractivity (Wildman–Crippen MR) is 109 cm³/mol. The Hall–Kier alpha value is -3.54. The number of nitrogen functional groups attached to an aromatic ring is 2. The highest BCUT2D eigenvalue weighted by molar-refractivity contribution is 5.95. The lowest BCUT2D eigenvalue weighted by Gasteiger charge is -2.20. The molecule has 0 saturated carbocycles. The number of hydrogen-bond acceptors (Lipinski definition) is 4. The molecule has 0 bridgehead atoms. The Morgan fingerprint density at radius 2 is 1.48 bits per heavy atom. The molecule has 0 spiro atoms. The zero-order valence-electron chi connectivity index (χ0n) is 15.2. The van der Waals surface area contributed by atoms with Gasteiger partial charge in [0.1, 0.15) is 23.2 Å². The molecule has 140 valence electrons. The summed E-state index contributed by atoms with van der Waals surface area (Å²) in [4.78, 5) is 0. The molecular formula is C21H24N4O2. The Balaban J connectivity index is 2.24. The Labute approximate surface area is 159 Å². The van der Waals surface area contributed by atoms with Crippen molar-refractivity contribution >= 4 is 11.7 Å². The molecule has 6 nitrogen and oxygen atoms in total. The van der Waals surface area contributed by atoms with Crippen LogP contribution in [0.3, 0.4) is 0 Å². The van der Waals surface area contributed by atoms with Crippen molar-refractivity contribution in [2.45, 2.75) is 19.6 Å². The number of allylic oxidation sites excluding steroid dienone is 2. The first-order valence-electron chi connectivity index (χ1n) is 8.40. The maximum Gasteiger partial charge on any atom is 0.244 e. The van der Waals surface area contributed by atoms with Crippen molar-refractivity contribution < 1.29 is 9.47 Å². The summed E-state index contributed by atoms with van der Waals surface area (Å²) < 4.78 is 11.9. The van der Waals surface area contributed by atoms with Crippen molar-refractivity contribution in [2.24, 2.45) is 11.5 Å². The molecule has 0 aliphatic heterocycles. The first-order chi connectivity index (χ1) is 12.9. The topological polar surface area (TPSA) is 118 Å². The van der Waals surface area contributed by atoms with Gasteiger partial charge in [0, 0.05) is 17.5 Å². The standard InChI is InChI=1S/C21H24N4O2/c1-3-14(2)10-11-19(26-17-8-4-6-15(12-17)20(22)23)27-18-9-5-7-16(13-18)21(24)25/h3-10,12-13,19H,1,11H2,2H3,(H3,22,23)(H3,24,25)/b14-10-. The number of benzene rings is 2. The molecule has 0 aromatic heterocycles. The summed E-state index contributed by atoms with van der Waals surface area (Å²) in [5, 5.41) is 15.1. The third-order valence-corrected chi connectivity index (χ3v) is 3.78. The third kappa shape index (κ3) is 6.04. The zero-order chi connectivity index (χ0) is 19.8. The molecule has 0 aliphatic carbocycles. The second kappa shape index (κ2) is 9.24. The van der Waals surface area contributed by atoms with Gasteiger partial charge in [-0.2, -0.15) is 0 Å². The lowest BCUT2D eigenvalue weighted by Crippen LogP contribution is -2.24. The maximum absolute atomic E-state index is 7.56. The number of ether oxygens (including phenoxy) is 2. The predicted octanol–water partition coefficient (Wildman–Crippen LogP) is 3.56. The van der Waals surface area contributed by atoms with E-state index in [4.69, 9.17) is 31.8 Å². The minimum atomic E-state index is -0.621. The average Bonchev–Trinajstić information content (AvgIpc) is 2.66. The first kappa shape index (κ1) is 19.8. The lowest BCUT2D eigenvalue weighted by atomic mass is 10.2. The number of nitrogens with two attached hydrogens (primary N) is 2. The zero-order valence-corrected chi connectivity index (χ0v) is 15.2. The van der Waals surface area contributed by atoms with E-state index in [0.717, 1.165) is 5.57 Å². The summed E-state index contributed by atoms with van der Waals surface area (Å²) in [5.74, 6) is 1.02. The molecule has 0 aliphatic rings. The van der Waals surface area contributed by atoms with Crippen LogP contribution in [-0.4, -0.2) is 18.0 Å². The van der Waals surface area contributed by atoms with Gasteiger partial charge in [0.15, 0.2) is 0 Å². The largest absolute Gasteiger partial charge is 0.455 e. The van der Waals surface area contributed by atoms with Crippen molar-refractivity contribution in [1.82, 2.24) is 0 Å². The minimum absolute atomic E-state index is 0.0329. The summed E-state index contributed by atoms with van der Waals surface area (Å²) in [6.07, 6.45) is 3.57. The maximum atomic E-state index is 7.56. The molecule has 0 amide bonds. The summed E-state index contributed by atoms with van der Waals surface area (Å²) in [6.45, 7) is 5.68. The van der Waals surface area contributed by atoms with Gasteiger partial charge in [-0.1, -0.05) is 48.6 Å². The molecule has 27 heavy (non-hydrogen) atoms. The fourth-order valence-electron chi connectivity index (χ4n) is 2.26. The highest BCUT2D eigenvalue weighted by Crippen LogP contribution is 2.21. The van der Waals surface area contributed by atoms with Gasteiger partial charge in [-0.3, -0.25) is 10.8 Å². The molecule has 0 saturated heterocycles. The SMILES string of the molecule is C=C/C(C)=C\CC(Oc1cccc(C(=N)N)c1)Oc1cccc(C(=N)N)c1. The van der Waals surface area contributed by atoms with Gasteiger partial charge < -0.3 is 20.9 Å². The summed E-state index contributed by atoms with van der Waals surface area (Å²) in [7, 11) is 0. The van der Waals surface area contributed by atoms with Crippen LogP contribution in [0.5, 0.6) is 11.5 Å². The van der Waals surface area contributed by atoms with Crippen molar-refractivity contribution in [1.29, 1.82) is 10.8 Å². The molecule has 2 rings (SSSR count). The molecule has 0 heterocycles. The normalized spacial score (nSPS) is 12.1. The summed E-state index contributed by atoms with van der Waals surface area (Å²) in [6, 6.07) is 13.9. The van der Waals surface area contributed by atoms with Crippen LogP contribution in [-0.2, 0) is 0 Å². The molecule has 6 heteroatoms. The molecule has 6 N–H and O–H groups in total. The number of hydrogen-bond donors (Lipinski definition) is 4. The monoisotopic (exact) mass is 364 g/mol. The second-order valence-corrected chi connectivity index (χ2v) is 5.94. The number of nitrogens with one attached hydrogen (secondary N) is 2. The van der Waals surface area contributed by atoms with Crippen molar-refractivity contribution in [2.75, 3.05) is 0 Å². The van der Waals surface area contributed by atoms with Crippen LogP contribution in [0.25, 0.3) is 0 Å². The van der Waals surface area contributed by atoms with Gasteiger partial charge >= 0.3 is 0 Å². The van der Waals surface area contributed by atoms with Crippen LogP contribution in [0.4, 0.5) is 0 Å². The highest BCUT2D eigenvalue weighted by atomic mass is 16.7. The first-order valence-corrected chi connectivity index (χ1v) is 8.40.